The standard InChI is InChI=1S/C31H32ClF3N2O5S2/c1-6-9-44(39,40)37-23-7-8-27-19(10-23)11-28(43-27)29(38)36-24-13-20(12-22(32)16-24)30(4,5)21-14-25(41-18(2)3)17-26(15-21)42-31(33,34)35/h7-8,10-18,37H,6,9H2,1-5H3,(H,36,38). The molecule has 1 amide bonds. The van der Waals surface area contributed by atoms with E-state index in [0.29, 0.717) is 44.2 Å². The van der Waals surface area contributed by atoms with Gasteiger partial charge in [0, 0.05) is 32.6 Å². The van der Waals surface area contributed by atoms with Gasteiger partial charge in [0.25, 0.3) is 5.91 Å². The Bertz CT molecular complexity index is 1790. The van der Waals surface area contributed by atoms with Crippen molar-refractivity contribution in [3.05, 3.63) is 81.7 Å². The summed E-state index contributed by atoms with van der Waals surface area (Å²) in [7, 11) is -3.46. The van der Waals surface area contributed by atoms with Crippen molar-refractivity contribution in [2.45, 2.75) is 58.9 Å². The Morgan fingerprint density at radius 1 is 0.955 bits per heavy atom. The minimum atomic E-state index is -4.89. The van der Waals surface area contributed by atoms with Crippen molar-refractivity contribution >= 4 is 60.3 Å². The fourth-order valence-electron chi connectivity index (χ4n) is 4.57. The van der Waals surface area contributed by atoms with E-state index in [-0.39, 0.29) is 17.6 Å². The van der Waals surface area contributed by atoms with Crippen molar-refractivity contribution in [2.24, 2.45) is 0 Å². The first-order valence-electron chi connectivity index (χ1n) is 13.7. The molecule has 1 aromatic heterocycles. The normalized spacial score (nSPS) is 12.4. The van der Waals surface area contributed by atoms with Gasteiger partial charge in [-0.2, -0.15) is 0 Å². The zero-order valence-electron chi connectivity index (χ0n) is 24.6. The van der Waals surface area contributed by atoms with E-state index in [0.717, 1.165) is 4.70 Å². The van der Waals surface area contributed by atoms with Crippen LogP contribution in [0.5, 0.6) is 11.5 Å². The molecule has 0 saturated carbocycles. The fourth-order valence-corrected chi connectivity index (χ4v) is 6.86. The summed E-state index contributed by atoms with van der Waals surface area (Å²) >= 11 is 7.69. The maximum atomic E-state index is 13.3. The second-order valence-corrected chi connectivity index (χ2v) is 14.4. The predicted octanol–water partition coefficient (Wildman–Crippen LogP) is 8.97. The molecule has 4 aromatic rings. The van der Waals surface area contributed by atoms with Crippen molar-refractivity contribution in [3.8, 4) is 11.5 Å². The number of hydrogen-bond acceptors (Lipinski definition) is 6. The van der Waals surface area contributed by atoms with E-state index >= 15 is 0 Å². The van der Waals surface area contributed by atoms with Crippen molar-refractivity contribution in [1.29, 1.82) is 0 Å². The first-order valence-corrected chi connectivity index (χ1v) is 16.5. The molecule has 0 fully saturated rings. The largest absolute Gasteiger partial charge is 0.573 e. The van der Waals surface area contributed by atoms with Gasteiger partial charge in [0.05, 0.1) is 16.7 Å². The first-order chi connectivity index (χ1) is 20.4. The van der Waals surface area contributed by atoms with Gasteiger partial charge in [0.2, 0.25) is 10.0 Å². The van der Waals surface area contributed by atoms with E-state index in [4.69, 9.17) is 16.3 Å². The molecule has 3 aromatic carbocycles. The van der Waals surface area contributed by atoms with Crippen LogP contribution in [0.4, 0.5) is 24.5 Å². The molecule has 0 aliphatic carbocycles. The van der Waals surface area contributed by atoms with Crippen LogP contribution in [0, 0.1) is 0 Å². The summed E-state index contributed by atoms with van der Waals surface area (Å²) in [6.45, 7) is 8.93. The number of nitrogens with one attached hydrogen (secondary N) is 2. The molecular weight excluding hydrogens is 637 g/mol. The minimum Gasteiger partial charge on any atom is -0.491 e. The van der Waals surface area contributed by atoms with E-state index in [2.05, 4.69) is 14.8 Å². The van der Waals surface area contributed by atoms with Crippen LogP contribution in [-0.2, 0) is 15.4 Å². The Balaban J connectivity index is 1.62. The second-order valence-electron chi connectivity index (χ2n) is 11.0. The quantitative estimate of drug-likeness (QED) is 0.166. The second kappa shape index (κ2) is 12.9. The molecule has 0 aliphatic rings. The number of halogens is 4. The lowest BCUT2D eigenvalue weighted by atomic mass is 9.78. The predicted molar refractivity (Wildman–Crippen MR) is 170 cm³/mol. The molecule has 0 aliphatic heterocycles. The van der Waals surface area contributed by atoms with Gasteiger partial charge in [-0.3, -0.25) is 9.52 Å². The number of sulfonamides is 1. The Kier molecular flexibility index (Phi) is 9.77. The number of alkyl halides is 3. The van der Waals surface area contributed by atoms with Gasteiger partial charge in [-0.05, 0) is 91.4 Å². The van der Waals surface area contributed by atoms with Crippen LogP contribution in [0.2, 0.25) is 5.02 Å². The number of benzene rings is 3. The lowest BCUT2D eigenvalue weighted by Crippen LogP contribution is -2.22. The van der Waals surface area contributed by atoms with E-state index in [1.807, 2.05) is 13.8 Å². The molecule has 7 nitrogen and oxygen atoms in total. The fraction of sp³-hybridized carbons (Fsp3) is 0.323. The van der Waals surface area contributed by atoms with Crippen LogP contribution in [0.15, 0.2) is 60.7 Å². The molecular formula is C31H32ClF3N2O5S2. The maximum absolute atomic E-state index is 13.3. The van der Waals surface area contributed by atoms with Gasteiger partial charge in [-0.1, -0.05) is 32.4 Å². The van der Waals surface area contributed by atoms with E-state index in [1.165, 1.54) is 23.5 Å². The zero-order valence-corrected chi connectivity index (χ0v) is 27.0. The van der Waals surface area contributed by atoms with Gasteiger partial charge in [0.1, 0.15) is 11.5 Å². The lowest BCUT2D eigenvalue weighted by molar-refractivity contribution is -0.274. The number of anilines is 2. The molecule has 1 heterocycles. The molecule has 236 valence electrons. The monoisotopic (exact) mass is 668 g/mol. The smallest absolute Gasteiger partial charge is 0.491 e. The maximum Gasteiger partial charge on any atom is 0.573 e. The number of rotatable bonds is 11. The van der Waals surface area contributed by atoms with Gasteiger partial charge < -0.3 is 14.8 Å². The zero-order chi connectivity index (χ0) is 32.4. The Labute approximate surface area is 263 Å². The molecule has 2 N–H and O–H groups in total. The molecule has 0 atom stereocenters. The highest BCUT2D eigenvalue weighted by Gasteiger charge is 2.33. The summed E-state index contributed by atoms with van der Waals surface area (Å²) < 4.78 is 76.8. The SMILES string of the molecule is CCCS(=O)(=O)Nc1ccc2sc(C(=O)Nc3cc(Cl)cc(C(C)(C)c4cc(OC(C)C)cc(OC(F)(F)F)c4)c3)cc2c1. The number of carbonyl (C=O) groups excluding carboxylic acids is 1. The van der Waals surface area contributed by atoms with Crippen LogP contribution in [0.1, 0.15) is 61.8 Å². The number of carbonyl (C=O) groups is 1. The van der Waals surface area contributed by atoms with Gasteiger partial charge in [-0.25, -0.2) is 8.42 Å². The molecule has 0 spiro atoms. The van der Waals surface area contributed by atoms with E-state index in [1.54, 1.807) is 69.3 Å². The highest BCUT2D eigenvalue weighted by Crippen LogP contribution is 2.40. The molecule has 0 unspecified atom stereocenters. The Morgan fingerprint density at radius 2 is 1.64 bits per heavy atom. The Morgan fingerprint density at radius 3 is 2.30 bits per heavy atom. The van der Waals surface area contributed by atoms with Crippen LogP contribution in [-0.4, -0.2) is 32.5 Å². The summed E-state index contributed by atoms with van der Waals surface area (Å²) in [6, 6.07) is 15.8. The third kappa shape index (κ3) is 8.58. The molecule has 0 bridgehead atoms. The summed E-state index contributed by atoms with van der Waals surface area (Å²) in [5, 5.41) is 3.86. The molecule has 0 saturated heterocycles. The average molecular weight is 669 g/mol. The third-order valence-corrected chi connectivity index (χ3v) is 9.40. The third-order valence-electron chi connectivity index (χ3n) is 6.57. The summed E-state index contributed by atoms with van der Waals surface area (Å²) in [4.78, 5) is 13.6. The number of fused-ring (bicyclic) bond motifs is 1. The lowest BCUT2D eigenvalue weighted by Gasteiger charge is -2.28. The van der Waals surface area contributed by atoms with Gasteiger partial charge in [0.15, 0.2) is 0 Å². The van der Waals surface area contributed by atoms with Crippen LogP contribution in [0.3, 0.4) is 0 Å². The summed E-state index contributed by atoms with van der Waals surface area (Å²) in [5.74, 6) is -0.606. The molecule has 0 radical (unpaired) electrons. The Hall–Kier alpha value is -3.48. The topological polar surface area (TPSA) is 93.7 Å². The van der Waals surface area contributed by atoms with Crippen molar-refractivity contribution in [2.75, 3.05) is 15.8 Å². The number of ether oxygens (including phenoxy) is 2. The van der Waals surface area contributed by atoms with Crippen molar-refractivity contribution in [3.63, 3.8) is 0 Å². The number of amides is 1. The highest BCUT2D eigenvalue weighted by molar-refractivity contribution is 7.92. The molecule has 4 rings (SSSR count). The first kappa shape index (κ1) is 33.4. The van der Waals surface area contributed by atoms with Crippen LogP contribution >= 0.6 is 22.9 Å². The average Bonchev–Trinajstić information content (AvgIpc) is 3.30. The molecule has 44 heavy (non-hydrogen) atoms. The van der Waals surface area contributed by atoms with Gasteiger partial charge >= 0.3 is 6.36 Å². The van der Waals surface area contributed by atoms with E-state index in [9.17, 15) is 26.4 Å². The summed E-state index contributed by atoms with van der Waals surface area (Å²) in [5.41, 5.74) is 1.01. The summed E-state index contributed by atoms with van der Waals surface area (Å²) in [6.07, 6.45) is -4.69. The number of thiophene rings is 1. The highest BCUT2D eigenvalue weighted by atomic mass is 35.5. The van der Waals surface area contributed by atoms with Crippen LogP contribution in [0.25, 0.3) is 10.1 Å². The molecule has 13 heteroatoms. The minimum absolute atomic E-state index is 0.000412. The van der Waals surface area contributed by atoms with Crippen LogP contribution < -0.4 is 19.5 Å². The van der Waals surface area contributed by atoms with Crippen molar-refractivity contribution < 1.29 is 35.9 Å². The van der Waals surface area contributed by atoms with Gasteiger partial charge in [-0.15, -0.1) is 24.5 Å². The number of hydrogen-bond donors (Lipinski definition) is 2. The van der Waals surface area contributed by atoms with Crippen molar-refractivity contribution in [1.82, 2.24) is 0 Å². The van der Waals surface area contributed by atoms with E-state index < -0.39 is 33.5 Å².